The van der Waals surface area contributed by atoms with Crippen molar-refractivity contribution >= 4 is 5.91 Å². The number of hydrogen-bond donors (Lipinski definition) is 1. The van der Waals surface area contributed by atoms with Gasteiger partial charge < -0.3 is 14.5 Å². The van der Waals surface area contributed by atoms with Crippen LogP contribution in [0.3, 0.4) is 0 Å². The van der Waals surface area contributed by atoms with E-state index in [-0.39, 0.29) is 18.4 Å². The van der Waals surface area contributed by atoms with Gasteiger partial charge in [-0.25, -0.2) is 0 Å². The highest BCUT2D eigenvalue weighted by Crippen LogP contribution is 2.17. The Morgan fingerprint density at radius 2 is 2.10 bits per heavy atom. The van der Waals surface area contributed by atoms with Crippen LogP contribution in [-0.2, 0) is 6.54 Å². The van der Waals surface area contributed by atoms with Crippen molar-refractivity contribution in [1.29, 1.82) is 0 Å². The summed E-state index contributed by atoms with van der Waals surface area (Å²) in [6.07, 6.45) is 0. The fourth-order valence-corrected chi connectivity index (χ4v) is 1.65. The molecule has 0 radical (unpaired) electrons. The summed E-state index contributed by atoms with van der Waals surface area (Å²) < 4.78 is 10.6. The van der Waals surface area contributed by atoms with E-state index in [0.717, 1.165) is 0 Å². The van der Waals surface area contributed by atoms with Crippen molar-refractivity contribution in [3.8, 4) is 5.75 Å². The van der Waals surface area contributed by atoms with Crippen LogP contribution >= 0.6 is 0 Å². The van der Waals surface area contributed by atoms with Crippen LogP contribution in [0.2, 0.25) is 0 Å². The Kier molecular flexibility index (Phi) is 4.34. The number of benzene rings is 1. The van der Waals surface area contributed by atoms with Crippen molar-refractivity contribution in [2.75, 3.05) is 7.11 Å². The Hall–Kier alpha value is -2.37. The smallest absolute Gasteiger partial charge is 0.255 e. The number of para-hydroxylation sites is 1. The van der Waals surface area contributed by atoms with Crippen molar-refractivity contribution in [1.82, 2.24) is 15.5 Å². The van der Waals surface area contributed by atoms with Crippen LogP contribution in [0, 0.1) is 0 Å². The van der Waals surface area contributed by atoms with E-state index in [0.29, 0.717) is 23.1 Å². The Morgan fingerprint density at radius 3 is 2.75 bits per heavy atom. The molecule has 1 aromatic carbocycles. The molecule has 0 unspecified atom stereocenters. The minimum Gasteiger partial charge on any atom is -0.496 e. The van der Waals surface area contributed by atoms with E-state index >= 15 is 0 Å². The van der Waals surface area contributed by atoms with Gasteiger partial charge in [0.05, 0.1) is 19.2 Å². The average molecular weight is 275 g/mol. The number of amides is 1. The second-order valence-corrected chi connectivity index (χ2v) is 4.57. The fourth-order valence-electron chi connectivity index (χ4n) is 1.65. The molecular formula is C14H17N3O3. The Bertz CT molecular complexity index is 593. The van der Waals surface area contributed by atoms with Crippen LogP contribution in [0.25, 0.3) is 0 Å². The van der Waals surface area contributed by atoms with Crippen molar-refractivity contribution in [3.63, 3.8) is 0 Å². The van der Waals surface area contributed by atoms with Gasteiger partial charge in [-0.1, -0.05) is 26.0 Å². The van der Waals surface area contributed by atoms with Gasteiger partial charge in [-0.05, 0) is 12.1 Å². The molecule has 2 aromatic rings. The van der Waals surface area contributed by atoms with Gasteiger partial charge in [-0.15, -0.1) is 10.2 Å². The number of nitrogens with one attached hydrogen (secondary N) is 1. The third-order valence-electron chi connectivity index (χ3n) is 2.73. The van der Waals surface area contributed by atoms with Crippen molar-refractivity contribution in [3.05, 3.63) is 41.6 Å². The third kappa shape index (κ3) is 3.14. The van der Waals surface area contributed by atoms with Crippen molar-refractivity contribution in [2.24, 2.45) is 0 Å². The summed E-state index contributed by atoms with van der Waals surface area (Å²) in [4.78, 5) is 12.1. The molecule has 0 saturated carbocycles. The molecule has 0 atom stereocenters. The Labute approximate surface area is 117 Å². The maximum atomic E-state index is 12.1. The molecule has 0 spiro atoms. The zero-order valence-electron chi connectivity index (χ0n) is 11.7. The molecule has 0 fully saturated rings. The summed E-state index contributed by atoms with van der Waals surface area (Å²) in [5.74, 6) is 1.40. The first-order valence-corrected chi connectivity index (χ1v) is 6.35. The highest BCUT2D eigenvalue weighted by molar-refractivity contribution is 5.96. The number of nitrogens with zero attached hydrogens (tertiary/aromatic N) is 2. The van der Waals surface area contributed by atoms with Gasteiger partial charge in [0.25, 0.3) is 5.91 Å². The topological polar surface area (TPSA) is 77.2 Å². The molecule has 1 amide bonds. The molecule has 1 heterocycles. The zero-order valence-corrected chi connectivity index (χ0v) is 11.7. The summed E-state index contributed by atoms with van der Waals surface area (Å²) in [5, 5.41) is 10.5. The lowest BCUT2D eigenvalue weighted by molar-refractivity contribution is 0.0944. The largest absolute Gasteiger partial charge is 0.496 e. The first kappa shape index (κ1) is 14.0. The quantitative estimate of drug-likeness (QED) is 0.904. The van der Waals surface area contributed by atoms with E-state index in [1.807, 2.05) is 19.9 Å². The summed E-state index contributed by atoms with van der Waals surface area (Å²) in [5.41, 5.74) is 0.471. The van der Waals surface area contributed by atoms with Gasteiger partial charge in [0, 0.05) is 5.92 Å². The molecule has 0 aliphatic rings. The summed E-state index contributed by atoms with van der Waals surface area (Å²) in [6.45, 7) is 4.12. The highest BCUT2D eigenvalue weighted by atomic mass is 16.5. The number of carbonyl (C=O) groups excluding carboxylic acids is 1. The summed E-state index contributed by atoms with van der Waals surface area (Å²) in [6, 6.07) is 7.02. The SMILES string of the molecule is COc1ccccc1C(=O)NCc1nnc(C(C)C)o1. The standard InChI is InChI=1S/C14H17N3O3/c1-9(2)14-17-16-12(20-14)8-15-13(18)10-6-4-5-7-11(10)19-3/h4-7,9H,8H2,1-3H3,(H,15,18). The second kappa shape index (κ2) is 6.18. The van der Waals surface area contributed by atoms with Gasteiger partial charge in [0.2, 0.25) is 11.8 Å². The Morgan fingerprint density at radius 1 is 1.35 bits per heavy atom. The maximum Gasteiger partial charge on any atom is 0.255 e. The van der Waals surface area contributed by atoms with Crippen LogP contribution in [0.5, 0.6) is 5.75 Å². The molecule has 0 bridgehead atoms. The molecule has 0 aliphatic carbocycles. The number of methoxy groups -OCH3 is 1. The van der Waals surface area contributed by atoms with E-state index in [2.05, 4.69) is 15.5 Å². The normalized spacial score (nSPS) is 10.6. The van der Waals surface area contributed by atoms with E-state index < -0.39 is 0 Å². The van der Waals surface area contributed by atoms with E-state index in [1.165, 1.54) is 7.11 Å². The molecule has 0 aliphatic heterocycles. The molecule has 1 N–H and O–H groups in total. The van der Waals surface area contributed by atoms with Gasteiger partial charge in [0.1, 0.15) is 5.75 Å². The number of aromatic nitrogens is 2. The van der Waals surface area contributed by atoms with Gasteiger partial charge in [0.15, 0.2) is 0 Å². The van der Waals surface area contributed by atoms with Crippen molar-refractivity contribution < 1.29 is 13.9 Å². The predicted molar refractivity (Wildman–Crippen MR) is 72.6 cm³/mol. The Balaban J connectivity index is 2.01. The van der Waals surface area contributed by atoms with Crippen LogP contribution in [0.4, 0.5) is 0 Å². The van der Waals surface area contributed by atoms with Crippen molar-refractivity contribution in [2.45, 2.75) is 26.3 Å². The molecule has 2 rings (SSSR count). The third-order valence-corrected chi connectivity index (χ3v) is 2.73. The van der Waals surface area contributed by atoms with E-state index in [1.54, 1.807) is 18.2 Å². The summed E-state index contributed by atoms with van der Waals surface area (Å²) in [7, 11) is 1.53. The van der Waals surface area contributed by atoms with Crippen LogP contribution < -0.4 is 10.1 Å². The van der Waals surface area contributed by atoms with Crippen LogP contribution in [-0.4, -0.2) is 23.2 Å². The van der Waals surface area contributed by atoms with Crippen LogP contribution in [0.1, 0.15) is 41.9 Å². The predicted octanol–water partition coefficient (Wildman–Crippen LogP) is 2.13. The van der Waals surface area contributed by atoms with E-state index in [9.17, 15) is 4.79 Å². The van der Waals surface area contributed by atoms with Gasteiger partial charge >= 0.3 is 0 Å². The molecule has 6 heteroatoms. The summed E-state index contributed by atoms with van der Waals surface area (Å²) >= 11 is 0. The molecule has 6 nitrogen and oxygen atoms in total. The number of rotatable bonds is 5. The molecular weight excluding hydrogens is 258 g/mol. The second-order valence-electron chi connectivity index (χ2n) is 4.57. The molecule has 20 heavy (non-hydrogen) atoms. The maximum absolute atomic E-state index is 12.1. The minimum atomic E-state index is -0.244. The minimum absolute atomic E-state index is 0.168. The van der Waals surface area contributed by atoms with E-state index in [4.69, 9.17) is 9.15 Å². The molecule has 0 saturated heterocycles. The van der Waals surface area contributed by atoms with Crippen LogP contribution in [0.15, 0.2) is 28.7 Å². The lowest BCUT2D eigenvalue weighted by Crippen LogP contribution is -2.23. The number of ether oxygens (including phenoxy) is 1. The molecule has 106 valence electrons. The first-order chi connectivity index (χ1) is 9.61. The highest BCUT2D eigenvalue weighted by Gasteiger charge is 2.13. The van der Waals surface area contributed by atoms with Gasteiger partial charge in [-0.3, -0.25) is 4.79 Å². The van der Waals surface area contributed by atoms with Gasteiger partial charge in [-0.2, -0.15) is 0 Å². The average Bonchev–Trinajstić information content (AvgIpc) is 2.94. The monoisotopic (exact) mass is 275 g/mol. The number of carbonyl (C=O) groups is 1. The fraction of sp³-hybridized carbons (Fsp3) is 0.357. The lowest BCUT2D eigenvalue weighted by atomic mass is 10.2. The number of hydrogen-bond acceptors (Lipinski definition) is 5. The zero-order chi connectivity index (χ0) is 14.5. The molecule has 1 aromatic heterocycles. The first-order valence-electron chi connectivity index (χ1n) is 6.35. The lowest BCUT2D eigenvalue weighted by Gasteiger charge is -2.07.